The van der Waals surface area contributed by atoms with Gasteiger partial charge in [0.2, 0.25) is 0 Å². The van der Waals surface area contributed by atoms with Crippen molar-refractivity contribution in [1.82, 2.24) is 19.9 Å². The average Bonchev–Trinajstić information content (AvgIpc) is 3.11. The van der Waals surface area contributed by atoms with Crippen LogP contribution in [0.15, 0.2) is 34.9 Å². The van der Waals surface area contributed by atoms with E-state index < -0.39 is 16.3 Å². The first-order valence-electron chi connectivity index (χ1n) is 9.14. The Kier molecular flexibility index (Phi) is 4.76. The predicted octanol–water partition coefficient (Wildman–Crippen LogP) is 3.30. The van der Waals surface area contributed by atoms with Crippen molar-refractivity contribution >= 4 is 9.84 Å². The molecule has 154 valence electrons. The van der Waals surface area contributed by atoms with Gasteiger partial charge in [0, 0.05) is 6.26 Å². The van der Waals surface area contributed by atoms with Gasteiger partial charge in [-0.2, -0.15) is 10.1 Å². The standard InChI is InChI=1S/C19H20F2N4O3S/c1-12-5-3-4-6-13(12)19(7-8-19)18-22-17(28-24-18)14-11-15(16(20)21)25(23-14)9-10-29(2,26)27/h3-6,11,16H,7-10H2,1-2H3. The Hall–Kier alpha value is -2.62. The monoisotopic (exact) mass is 422 g/mol. The second kappa shape index (κ2) is 7.01. The van der Waals surface area contributed by atoms with Crippen molar-refractivity contribution in [2.75, 3.05) is 12.0 Å². The lowest BCUT2D eigenvalue weighted by Crippen LogP contribution is -2.14. The molecule has 1 aliphatic carbocycles. The largest absolute Gasteiger partial charge is 0.332 e. The van der Waals surface area contributed by atoms with E-state index in [0.717, 1.165) is 41.0 Å². The third-order valence-corrected chi connectivity index (χ3v) is 6.12. The zero-order valence-electron chi connectivity index (χ0n) is 16.0. The van der Waals surface area contributed by atoms with Crippen molar-refractivity contribution in [3.05, 3.63) is 53.0 Å². The molecule has 0 unspecified atom stereocenters. The molecular weight excluding hydrogens is 402 g/mol. The van der Waals surface area contributed by atoms with Crippen LogP contribution in [0.2, 0.25) is 0 Å². The first-order valence-corrected chi connectivity index (χ1v) is 11.2. The SMILES string of the molecule is Cc1ccccc1C1(c2noc(-c3cc(C(F)F)n(CCS(C)(=O)=O)n3)n2)CC1. The molecule has 1 aliphatic rings. The number of rotatable bonds is 7. The maximum atomic E-state index is 13.4. The molecule has 0 atom stereocenters. The van der Waals surface area contributed by atoms with E-state index in [-0.39, 0.29) is 35.0 Å². The zero-order valence-corrected chi connectivity index (χ0v) is 16.8. The fraction of sp³-hybridized carbons (Fsp3) is 0.421. The molecule has 2 aromatic heterocycles. The number of halogens is 2. The number of hydrogen-bond donors (Lipinski definition) is 0. The van der Waals surface area contributed by atoms with E-state index in [4.69, 9.17) is 4.52 Å². The Morgan fingerprint density at radius 3 is 2.62 bits per heavy atom. The molecule has 7 nitrogen and oxygen atoms in total. The van der Waals surface area contributed by atoms with Crippen LogP contribution >= 0.6 is 0 Å². The van der Waals surface area contributed by atoms with E-state index in [1.807, 2.05) is 31.2 Å². The molecule has 0 bridgehead atoms. The van der Waals surface area contributed by atoms with Crippen LogP contribution in [0.3, 0.4) is 0 Å². The molecule has 10 heteroatoms. The van der Waals surface area contributed by atoms with Crippen molar-refractivity contribution in [3.8, 4) is 11.6 Å². The predicted molar refractivity (Wildman–Crippen MR) is 101 cm³/mol. The molecule has 0 N–H and O–H groups in total. The molecule has 1 aromatic carbocycles. The van der Waals surface area contributed by atoms with Gasteiger partial charge in [0.1, 0.15) is 15.5 Å². The van der Waals surface area contributed by atoms with E-state index in [2.05, 4.69) is 15.2 Å². The number of aryl methyl sites for hydroxylation is 2. The molecule has 1 fully saturated rings. The van der Waals surface area contributed by atoms with Crippen LogP contribution in [0.5, 0.6) is 0 Å². The van der Waals surface area contributed by atoms with Crippen molar-refractivity contribution in [3.63, 3.8) is 0 Å². The van der Waals surface area contributed by atoms with Gasteiger partial charge in [0.15, 0.2) is 11.5 Å². The normalized spacial score (nSPS) is 15.8. The fourth-order valence-electron chi connectivity index (χ4n) is 3.51. The van der Waals surface area contributed by atoms with Gasteiger partial charge >= 0.3 is 0 Å². The van der Waals surface area contributed by atoms with Crippen molar-refractivity contribution in [2.24, 2.45) is 0 Å². The number of alkyl halides is 2. The summed E-state index contributed by atoms with van der Waals surface area (Å²) in [4.78, 5) is 4.44. The minimum Gasteiger partial charge on any atom is -0.332 e. The molecule has 3 aromatic rings. The molecule has 0 amide bonds. The smallest absolute Gasteiger partial charge is 0.280 e. The summed E-state index contributed by atoms with van der Waals surface area (Å²) in [7, 11) is -3.32. The summed E-state index contributed by atoms with van der Waals surface area (Å²) in [5.41, 5.74) is 1.65. The van der Waals surface area contributed by atoms with Crippen LogP contribution in [0.4, 0.5) is 8.78 Å². The molecule has 2 heterocycles. The topological polar surface area (TPSA) is 90.9 Å². The summed E-state index contributed by atoms with van der Waals surface area (Å²) in [6, 6.07) is 9.15. The van der Waals surface area contributed by atoms with Gasteiger partial charge < -0.3 is 4.52 Å². The molecular formula is C19H20F2N4O3S. The van der Waals surface area contributed by atoms with Crippen LogP contribution in [-0.2, 0) is 21.8 Å². The summed E-state index contributed by atoms with van der Waals surface area (Å²) < 4.78 is 55.8. The minimum absolute atomic E-state index is 0.0415. The van der Waals surface area contributed by atoms with Gasteiger partial charge in [-0.3, -0.25) is 4.68 Å². The number of hydrogen-bond acceptors (Lipinski definition) is 6. The van der Waals surface area contributed by atoms with E-state index in [1.54, 1.807) is 0 Å². The van der Waals surface area contributed by atoms with Gasteiger partial charge in [0.05, 0.1) is 17.7 Å². The van der Waals surface area contributed by atoms with E-state index in [0.29, 0.717) is 5.82 Å². The molecule has 1 saturated carbocycles. The van der Waals surface area contributed by atoms with Crippen LogP contribution in [0, 0.1) is 6.92 Å². The molecule has 0 aliphatic heterocycles. The minimum atomic E-state index is -3.32. The van der Waals surface area contributed by atoms with Gasteiger partial charge in [-0.15, -0.1) is 0 Å². The van der Waals surface area contributed by atoms with Gasteiger partial charge in [-0.05, 0) is 37.0 Å². The van der Waals surface area contributed by atoms with E-state index >= 15 is 0 Å². The van der Waals surface area contributed by atoms with Crippen molar-refractivity contribution < 1.29 is 21.7 Å². The summed E-state index contributed by atoms with van der Waals surface area (Å²) in [6.45, 7) is 1.85. The highest BCUT2D eigenvalue weighted by Gasteiger charge is 2.50. The van der Waals surface area contributed by atoms with Gasteiger partial charge in [-0.25, -0.2) is 17.2 Å². The summed E-state index contributed by atoms with van der Waals surface area (Å²) in [5, 5.41) is 8.18. The summed E-state index contributed by atoms with van der Waals surface area (Å²) in [6.07, 6.45) is -0.00579. The van der Waals surface area contributed by atoms with E-state index in [9.17, 15) is 17.2 Å². The highest BCUT2D eigenvalue weighted by Crippen LogP contribution is 2.53. The summed E-state index contributed by atoms with van der Waals surface area (Å²) >= 11 is 0. The Bertz CT molecular complexity index is 1150. The molecule has 0 radical (unpaired) electrons. The first kappa shape index (κ1) is 19.7. The van der Waals surface area contributed by atoms with Crippen LogP contribution in [0.1, 0.15) is 41.9 Å². The van der Waals surface area contributed by atoms with Crippen LogP contribution < -0.4 is 0 Å². The van der Waals surface area contributed by atoms with Crippen LogP contribution in [-0.4, -0.2) is 40.3 Å². The lowest BCUT2D eigenvalue weighted by molar-refractivity contribution is 0.139. The second-order valence-corrected chi connectivity index (χ2v) is 9.69. The quantitative estimate of drug-likeness (QED) is 0.580. The third kappa shape index (κ3) is 3.81. The summed E-state index contributed by atoms with van der Waals surface area (Å²) in [5.74, 6) is 0.255. The van der Waals surface area contributed by atoms with Crippen molar-refractivity contribution in [2.45, 2.75) is 38.2 Å². The van der Waals surface area contributed by atoms with Gasteiger partial charge in [0.25, 0.3) is 12.3 Å². The highest BCUT2D eigenvalue weighted by molar-refractivity contribution is 7.90. The Morgan fingerprint density at radius 1 is 1.28 bits per heavy atom. The number of benzene rings is 1. The first-order chi connectivity index (χ1) is 13.7. The molecule has 29 heavy (non-hydrogen) atoms. The Morgan fingerprint density at radius 2 is 2.00 bits per heavy atom. The zero-order chi connectivity index (χ0) is 20.8. The third-order valence-electron chi connectivity index (χ3n) is 5.19. The number of nitrogens with zero attached hydrogens (tertiary/aromatic N) is 4. The van der Waals surface area contributed by atoms with Gasteiger partial charge in [-0.1, -0.05) is 29.4 Å². The van der Waals surface area contributed by atoms with E-state index in [1.165, 1.54) is 0 Å². The molecule has 0 spiro atoms. The number of aromatic nitrogens is 4. The molecule has 0 saturated heterocycles. The highest BCUT2D eigenvalue weighted by atomic mass is 32.2. The van der Waals surface area contributed by atoms with Crippen LogP contribution in [0.25, 0.3) is 11.6 Å². The fourth-order valence-corrected chi connectivity index (χ4v) is 4.02. The average molecular weight is 422 g/mol. The molecule has 4 rings (SSSR count). The lowest BCUT2D eigenvalue weighted by Gasteiger charge is -2.13. The lowest BCUT2D eigenvalue weighted by atomic mass is 9.91. The second-order valence-electron chi connectivity index (χ2n) is 7.43. The number of sulfone groups is 1. The Labute approximate surface area is 166 Å². The maximum absolute atomic E-state index is 13.4. The van der Waals surface area contributed by atoms with Crippen molar-refractivity contribution in [1.29, 1.82) is 0 Å². The maximum Gasteiger partial charge on any atom is 0.280 e. The Balaban J connectivity index is 1.66.